The van der Waals surface area contributed by atoms with E-state index in [2.05, 4.69) is 56.1 Å². The predicted octanol–water partition coefficient (Wildman–Crippen LogP) is 5.13. The molecule has 1 heteroatoms. The maximum Gasteiger partial charge on any atom is 0.0311 e. The molecule has 1 aromatic heterocycles. The van der Waals surface area contributed by atoms with Crippen molar-refractivity contribution >= 4 is 6.08 Å². The summed E-state index contributed by atoms with van der Waals surface area (Å²) in [6.45, 7) is 10.4. The van der Waals surface area contributed by atoms with Crippen molar-refractivity contribution < 1.29 is 0 Å². The molecule has 0 saturated carbocycles. The third kappa shape index (κ3) is 2.79. The SMILES string of the molecule is C/C=C1/C=Cc2ccncc2C(C)/C1=C/C.CC. The topological polar surface area (TPSA) is 12.9 Å². The van der Waals surface area contributed by atoms with E-state index in [1.165, 1.54) is 22.3 Å². The summed E-state index contributed by atoms with van der Waals surface area (Å²) in [6.07, 6.45) is 12.6. The zero-order valence-corrected chi connectivity index (χ0v) is 12.1. The molecule has 1 aliphatic rings. The molecule has 0 aliphatic heterocycles. The molecule has 0 N–H and O–H groups in total. The Bertz CT molecular complexity index is 478. The lowest BCUT2D eigenvalue weighted by atomic mass is 9.89. The lowest BCUT2D eigenvalue weighted by Crippen LogP contribution is -2.00. The zero-order chi connectivity index (χ0) is 13.5. The predicted molar refractivity (Wildman–Crippen MR) is 80.5 cm³/mol. The lowest BCUT2D eigenvalue weighted by molar-refractivity contribution is 0.898. The largest absolute Gasteiger partial charge is 0.264 e. The van der Waals surface area contributed by atoms with Crippen LogP contribution in [0, 0.1) is 0 Å². The number of hydrogen-bond acceptors (Lipinski definition) is 1. The molecule has 0 saturated heterocycles. The van der Waals surface area contributed by atoms with E-state index in [-0.39, 0.29) is 0 Å². The Kier molecular flexibility index (Phi) is 5.57. The average molecular weight is 241 g/mol. The molecule has 2 rings (SSSR count). The summed E-state index contributed by atoms with van der Waals surface area (Å²) in [5.41, 5.74) is 5.28. The summed E-state index contributed by atoms with van der Waals surface area (Å²) in [7, 11) is 0. The maximum absolute atomic E-state index is 4.23. The minimum atomic E-state index is 0.412. The van der Waals surface area contributed by atoms with Crippen LogP contribution in [-0.2, 0) is 0 Å². The number of fused-ring (bicyclic) bond motifs is 1. The van der Waals surface area contributed by atoms with Gasteiger partial charge in [0, 0.05) is 18.3 Å². The van der Waals surface area contributed by atoms with Crippen molar-refractivity contribution in [1.29, 1.82) is 0 Å². The molecular formula is C17H23N. The van der Waals surface area contributed by atoms with Gasteiger partial charge in [0.2, 0.25) is 0 Å². The van der Waals surface area contributed by atoms with Crippen LogP contribution >= 0.6 is 0 Å². The van der Waals surface area contributed by atoms with Gasteiger partial charge in [0.1, 0.15) is 0 Å². The number of aromatic nitrogens is 1. The second-order valence-corrected chi connectivity index (χ2v) is 4.05. The van der Waals surface area contributed by atoms with Crippen LogP contribution in [0.15, 0.2) is 47.8 Å². The van der Waals surface area contributed by atoms with Crippen LogP contribution < -0.4 is 0 Å². The first-order chi connectivity index (χ1) is 8.77. The van der Waals surface area contributed by atoms with Gasteiger partial charge >= 0.3 is 0 Å². The number of allylic oxidation sites excluding steroid dienone is 5. The van der Waals surface area contributed by atoms with Gasteiger partial charge < -0.3 is 0 Å². The second kappa shape index (κ2) is 6.95. The van der Waals surface area contributed by atoms with Gasteiger partial charge in [-0.3, -0.25) is 4.98 Å². The number of nitrogens with zero attached hydrogens (tertiary/aromatic N) is 1. The van der Waals surface area contributed by atoms with E-state index in [0.717, 1.165) is 0 Å². The van der Waals surface area contributed by atoms with Crippen LogP contribution in [0.25, 0.3) is 6.08 Å². The fourth-order valence-electron chi connectivity index (χ4n) is 2.30. The van der Waals surface area contributed by atoms with Crippen LogP contribution in [0.1, 0.15) is 51.7 Å². The molecule has 1 atom stereocenters. The van der Waals surface area contributed by atoms with Crippen LogP contribution in [0.2, 0.25) is 0 Å². The normalized spacial score (nSPS) is 22.2. The summed E-state index contributed by atoms with van der Waals surface area (Å²) in [6, 6.07) is 2.08. The Morgan fingerprint density at radius 3 is 2.44 bits per heavy atom. The summed E-state index contributed by atoms with van der Waals surface area (Å²) in [5.74, 6) is 0.412. The molecule has 0 fully saturated rings. The number of rotatable bonds is 0. The molecular weight excluding hydrogens is 218 g/mol. The van der Waals surface area contributed by atoms with E-state index in [1.54, 1.807) is 0 Å². The van der Waals surface area contributed by atoms with Gasteiger partial charge in [0.25, 0.3) is 0 Å². The minimum absolute atomic E-state index is 0.412. The Balaban J connectivity index is 0.000000771. The van der Waals surface area contributed by atoms with E-state index in [1.807, 2.05) is 26.2 Å². The molecule has 0 amide bonds. The van der Waals surface area contributed by atoms with Crippen molar-refractivity contribution in [3.63, 3.8) is 0 Å². The van der Waals surface area contributed by atoms with Gasteiger partial charge in [0.15, 0.2) is 0 Å². The summed E-state index contributed by atoms with van der Waals surface area (Å²) >= 11 is 0. The van der Waals surface area contributed by atoms with Crippen molar-refractivity contribution in [3.8, 4) is 0 Å². The fraction of sp³-hybridized carbons (Fsp3) is 0.353. The lowest BCUT2D eigenvalue weighted by Gasteiger charge is -2.16. The van der Waals surface area contributed by atoms with Crippen molar-refractivity contribution in [1.82, 2.24) is 4.98 Å². The van der Waals surface area contributed by atoms with Gasteiger partial charge in [-0.1, -0.05) is 45.1 Å². The molecule has 1 heterocycles. The first-order valence-electron chi connectivity index (χ1n) is 6.72. The molecule has 0 bridgehead atoms. The maximum atomic E-state index is 4.23. The Morgan fingerprint density at radius 2 is 1.83 bits per heavy atom. The molecule has 96 valence electrons. The van der Waals surface area contributed by atoms with Crippen molar-refractivity contribution in [3.05, 3.63) is 59.0 Å². The quantitative estimate of drug-likeness (QED) is 0.613. The minimum Gasteiger partial charge on any atom is -0.264 e. The van der Waals surface area contributed by atoms with Gasteiger partial charge in [-0.2, -0.15) is 0 Å². The van der Waals surface area contributed by atoms with Crippen LogP contribution in [-0.4, -0.2) is 4.98 Å². The highest BCUT2D eigenvalue weighted by atomic mass is 14.6. The highest BCUT2D eigenvalue weighted by Crippen LogP contribution is 2.35. The van der Waals surface area contributed by atoms with Crippen LogP contribution in [0.4, 0.5) is 0 Å². The van der Waals surface area contributed by atoms with Crippen LogP contribution in [0.3, 0.4) is 0 Å². The van der Waals surface area contributed by atoms with Crippen molar-refractivity contribution in [2.75, 3.05) is 0 Å². The van der Waals surface area contributed by atoms with E-state index < -0.39 is 0 Å². The summed E-state index contributed by atoms with van der Waals surface area (Å²) in [4.78, 5) is 4.23. The van der Waals surface area contributed by atoms with Crippen LogP contribution in [0.5, 0.6) is 0 Å². The first kappa shape index (κ1) is 14.4. The standard InChI is InChI=1S/C15H17N.C2H6/c1-4-12-6-7-13-8-9-16-10-15(13)11(3)14(12)5-2;1-2/h4-11H,1-3H3;1-2H3/b12-4-,14-5-;. The zero-order valence-electron chi connectivity index (χ0n) is 12.1. The fourth-order valence-corrected chi connectivity index (χ4v) is 2.30. The van der Waals surface area contributed by atoms with E-state index in [4.69, 9.17) is 0 Å². The molecule has 1 aliphatic carbocycles. The smallest absolute Gasteiger partial charge is 0.0311 e. The molecule has 0 spiro atoms. The molecule has 0 aromatic carbocycles. The highest BCUT2D eigenvalue weighted by molar-refractivity contribution is 5.65. The van der Waals surface area contributed by atoms with E-state index in [9.17, 15) is 0 Å². The number of pyridine rings is 1. The third-order valence-electron chi connectivity index (χ3n) is 3.22. The van der Waals surface area contributed by atoms with E-state index >= 15 is 0 Å². The summed E-state index contributed by atoms with van der Waals surface area (Å²) in [5, 5.41) is 0. The highest BCUT2D eigenvalue weighted by Gasteiger charge is 2.18. The van der Waals surface area contributed by atoms with Crippen molar-refractivity contribution in [2.24, 2.45) is 0 Å². The monoisotopic (exact) mass is 241 g/mol. The molecule has 1 aromatic rings. The third-order valence-corrected chi connectivity index (χ3v) is 3.22. The van der Waals surface area contributed by atoms with E-state index in [0.29, 0.717) is 5.92 Å². The molecule has 1 unspecified atom stereocenters. The van der Waals surface area contributed by atoms with Gasteiger partial charge in [0.05, 0.1) is 0 Å². The molecule has 18 heavy (non-hydrogen) atoms. The second-order valence-electron chi connectivity index (χ2n) is 4.05. The van der Waals surface area contributed by atoms with Gasteiger partial charge in [-0.05, 0) is 42.2 Å². The first-order valence-corrected chi connectivity index (χ1v) is 6.72. The molecule has 0 radical (unpaired) electrons. The summed E-state index contributed by atoms with van der Waals surface area (Å²) < 4.78 is 0. The Labute approximate surface area is 111 Å². The average Bonchev–Trinajstić information content (AvgIpc) is 2.58. The number of hydrogen-bond donors (Lipinski definition) is 0. The van der Waals surface area contributed by atoms with Gasteiger partial charge in [-0.15, -0.1) is 0 Å². The van der Waals surface area contributed by atoms with Crippen molar-refractivity contribution in [2.45, 2.75) is 40.5 Å². The molecule has 1 nitrogen and oxygen atoms in total. The Hall–Kier alpha value is -1.63. The van der Waals surface area contributed by atoms with Gasteiger partial charge in [-0.25, -0.2) is 0 Å². The Morgan fingerprint density at radius 1 is 1.11 bits per heavy atom.